The molecule has 2 aromatic carbocycles. The van der Waals surface area contributed by atoms with E-state index in [9.17, 15) is 26.4 Å². The molecule has 2 atom stereocenters. The third-order valence-corrected chi connectivity index (χ3v) is 6.17. The van der Waals surface area contributed by atoms with E-state index in [1.54, 1.807) is 37.8 Å². The van der Waals surface area contributed by atoms with Crippen LogP contribution in [0.25, 0.3) is 0 Å². The Labute approximate surface area is 203 Å². The fourth-order valence-electron chi connectivity index (χ4n) is 3.44. The molecular formula is C24H31F3N2O5S. The molecule has 1 heterocycles. The minimum absolute atomic E-state index is 0.0666. The van der Waals surface area contributed by atoms with E-state index in [0.717, 1.165) is 17.7 Å². The third-order valence-electron chi connectivity index (χ3n) is 5.30. The van der Waals surface area contributed by atoms with E-state index >= 15 is 0 Å². The lowest BCUT2D eigenvalue weighted by Gasteiger charge is -2.37. The first-order chi connectivity index (χ1) is 16.0. The summed E-state index contributed by atoms with van der Waals surface area (Å²) in [6, 6.07) is 10.8. The second-order valence-electron chi connectivity index (χ2n) is 9.39. The smallest absolute Gasteiger partial charge is 0.416 e. The topological polar surface area (TPSA) is 110 Å². The molecule has 0 unspecified atom stereocenters. The normalized spacial score (nSPS) is 18.9. The van der Waals surface area contributed by atoms with E-state index in [1.807, 2.05) is 6.92 Å². The average Bonchev–Trinajstić information content (AvgIpc) is 2.72. The van der Waals surface area contributed by atoms with Crippen LogP contribution in [-0.4, -0.2) is 48.7 Å². The van der Waals surface area contributed by atoms with Crippen molar-refractivity contribution in [3.8, 4) is 0 Å². The maximum Gasteiger partial charge on any atom is 0.416 e. The maximum absolute atomic E-state index is 12.7. The number of carbonyl (C=O) groups excluding carboxylic acids is 1. The number of likely N-dealkylation sites (tertiary alicyclic amines) is 1. The number of alkyl halides is 3. The van der Waals surface area contributed by atoms with Crippen LogP contribution in [0.15, 0.2) is 53.4 Å². The maximum atomic E-state index is 12.7. The van der Waals surface area contributed by atoms with Gasteiger partial charge in [0.25, 0.3) is 10.1 Å². The number of aryl methyl sites for hydroxylation is 1. The summed E-state index contributed by atoms with van der Waals surface area (Å²) >= 11 is 0. The standard InChI is InChI=1S/C17H23F3N2O2.C7H8O3S/c1-16(2,3)24-15(23)22-9-8-14(21)13(10-22)11-4-6-12(7-5-11)17(18,19)20;1-6-2-4-7(5-3-6)11(8,9)10/h4-7,13-14H,8-10,21H2,1-3H3;2-5H,1H3,(H,8,9,10)/t13-,14+;/m0./s1. The molecule has 2 aromatic rings. The van der Waals surface area contributed by atoms with Crippen LogP contribution in [0.4, 0.5) is 18.0 Å². The van der Waals surface area contributed by atoms with Crippen molar-refractivity contribution in [1.82, 2.24) is 4.90 Å². The van der Waals surface area contributed by atoms with Gasteiger partial charge >= 0.3 is 12.3 Å². The number of amides is 1. The van der Waals surface area contributed by atoms with Crippen molar-refractivity contribution in [2.75, 3.05) is 13.1 Å². The molecule has 7 nitrogen and oxygen atoms in total. The molecule has 3 rings (SSSR count). The first kappa shape index (κ1) is 28.6. The fourth-order valence-corrected chi connectivity index (χ4v) is 3.92. The molecule has 0 spiro atoms. The summed E-state index contributed by atoms with van der Waals surface area (Å²) in [6.07, 6.45) is -4.22. The van der Waals surface area contributed by atoms with E-state index < -0.39 is 33.6 Å². The van der Waals surface area contributed by atoms with Gasteiger partial charge in [0.05, 0.1) is 10.5 Å². The second-order valence-corrected chi connectivity index (χ2v) is 10.8. The van der Waals surface area contributed by atoms with Crippen molar-refractivity contribution < 1.29 is 35.7 Å². The number of rotatable bonds is 2. The Morgan fingerprint density at radius 3 is 2.06 bits per heavy atom. The summed E-state index contributed by atoms with van der Waals surface area (Å²) in [6.45, 7) is 8.01. The largest absolute Gasteiger partial charge is 0.444 e. The van der Waals surface area contributed by atoms with Crippen molar-refractivity contribution in [3.63, 3.8) is 0 Å². The summed E-state index contributed by atoms with van der Waals surface area (Å²) in [5.41, 5.74) is 6.49. The SMILES string of the molecule is CC(C)(C)OC(=O)N1CC[C@@H](N)[C@H](c2ccc(C(F)(F)F)cc2)C1.Cc1ccc(S(=O)(=O)O)cc1. The van der Waals surface area contributed by atoms with Gasteiger partial charge in [-0.1, -0.05) is 29.8 Å². The number of halogens is 3. The van der Waals surface area contributed by atoms with Gasteiger partial charge in [0.2, 0.25) is 0 Å². The number of benzene rings is 2. The van der Waals surface area contributed by atoms with Gasteiger partial charge in [0.1, 0.15) is 5.60 Å². The summed E-state index contributed by atoms with van der Waals surface area (Å²) in [7, 11) is -4.02. The predicted molar refractivity (Wildman–Crippen MR) is 126 cm³/mol. The van der Waals surface area contributed by atoms with E-state index in [4.69, 9.17) is 15.0 Å². The lowest BCUT2D eigenvalue weighted by Crippen LogP contribution is -2.49. The first-order valence-corrected chi connectivity index (χ1v) is 12.4. The summed E-state index contributed by atoms with van der Waals surface area (Å²) < 4.78 is 72.9. The van der Waals surface area contributed by atoms with Gasteiger partial charge in [-0.25, -0.2) is 4.79 Å². The van der Waals surface area contributed by atoms with Gasteiger partial charge in [0, 0.05) is 25.0 Å². The molecule has 0 aromatic heterocycles. The van der Waals surface area contributed by atoms with Gasteiger partial charge in [-0.2, -0.15) is 21.6 Å². The van der Waals surface area contributed by atoms with Crippen LogP contribution in [0.5, 0.6) is 0 Å². The van der Waals surface area contributed by atoms with Crippen LogP contribution >= 0.6 is 0 Å². The van der Waals surface area contributed by atoms with Crippen LogP contribution in [-0.2, 0) is 21.0 Å². The second kappa shape index (κ2) is 11.0. The quantitative estimate of drug-likeness (QED) is 0.544. The van der Waals surface area contributed by atoms with Crippen molar-refractivity contribution in [2.45, 2.75) is 62.7 Å². The van der Waals surface area contributed by atoms with Gasteiger partial charge in [-0.3, -0.25) is 4.55 Å². The first-order valence-electron chi connectivity index (χ1n) is 10.9. The summed E-state index contributed by atoms with van der Waals surface area (Å²) in [5, 5.41) is 0. The van der Waals surface area contributed by atoms with E-state index in [2.05, 4.69) is 0 Å². The molecule has 11 heteroatoms. The molecule has 0 bridgehead atoms. The van der Waals surface area contributed by atoms with Crippen molar-refractivity contribution >= 4 is 16.2 Å². The van der Waals surface area contributed by atoms with Crippen LogP contribution in [0, 0.1) is 6.92 Å². The Balaban J connectivity index is 0.000000328. The zero-order chi connectivity index (χ0) is 26.6. The number of carbonyl (C=O) groups is 1. The summed E-state index contributed by atoms with van der Waals surface area (Å²) in [4.78, 5) is 13.7. The Kier molecular flexibility index (Phi) is 8.96. The van der Waals surface area contributed by atoms with Crippen LogP contribution in [0.1, 0.15) is 49.8 Å². The lowest BCUT2D eigenvalue weighted by atomic mass is 9.86. The summed E-state index contributed by atoms with van der Waals surface area (Å²) in [5.74, 6) is -0.214. The highest BCUT2D eigenvalue weighted by atomic mass is 32.2. The van der Waals surface area contributed by atoms with Gasteiger partial charge < -0.3 is 15.4 Å². The minimum atomic E-state index is -4.37. The van der Waals surface area contributed by atoms with Crippen molar-refractivity contribution in [3.05, 3.63) is 65.2 Å². The molecule has 1 aliphatic heterocycles. The van der Waals surface area contributed by atoms with Gasteiger partial charge in [-0.15, -0.1) is 0 Å². The fraction of sp³-hybridized carbons (Fsp3) is 0.458. The minimum Gasteiger partial charge on any atom is -0.444 e. The molecule has 1 aliphatic rings. The number of hydrogen-bond acceptors (Lipinski definition) is 5. The molecule has 1 fully saturated rings. The average molecular weight is 517 g/mol. The lowest BCUT2D eigenvalue weighted by molar-refractivity contribution is -0.137. The highest BCUT2D eigenvalue weighted by Crippen LogP contribution is 2.32. The van der Waals surface area contributed by atoms with Gasteiger partial charge in [0.15, 0.2) is 0 Å². The Hall–Kier alpha value is -2.63. The molecule has 3 N–H and O–H groups in total. The van der Waals surface area contributed by atoms with Crippen LogP contribution in [0.3, 0.4) is 0 Å². The monoisotopic (exact) mass is 516 g/mol. The Morgan fingerprint density at radius 1 is 1.06 bits per heavy atom. The molecule has 1 amide bonds. The molecule has 0 aliphatic carbocycles. The molecule has 0 saturated carbocycles. The molecule has 194 valence electrons. The van der Waals surface area contributed by atoms with E-state index in [1.165, 1.54) is 24.3 Å². The third kappa shape index (κ3) is 8.83. The molecule has 0 radical (unpaired) electrons. The predicted octanol–water partition coefficient (Wildman–Crippen LogP) is 5.00. The van der Waals surface area contributed by atoms with E-state index in [-0.39, 0.29) is 16.9 Å². The van der Waals surface area contributed by atoms with Gasteiger partial charge in [-0.05, 0) is 63.9 Å². The zero-order valence-electron chi connectivity index (χ0n) is 20.0. The molecule has 1 saturated heterocycles. The highest BCUT2D eigenvalue weighted by Gasteiger charge is 2.34. The van der Waals surface area contributed by atoms with Crippen LogP contribution < -0.4 is 5.73 Å². The Morgan fingerprint density at radius 2 is 1.60 bits per heavy atom. The molecule has 35 heavy (non-hydrogen) atoms. The zero-order valence-corrected chi connectivity index (χ0v) is 20.9. The number of piperidine rings is 1. The van der Waals surface area contributed by atoms with E-state index in [0.29, 0.717) is 25.1 Å². The number of nitrogens with zero attached hydrogens (tertiary/aromatic N) is 1. The Bertz CT molecular complexity index is 1100. The molecular weight excluding hydrogens is 485 g/mol. The van der Waals surface area contributed by atoms with Crippen molar-refractivity contribution in [1.29, 1.82) is 0 Å². The van der Waals surface area contributed by atoms with Crippen LogP contribution in [0.2, 0.25) is 0 Å². The number of nitrogens with two attached hydrogens (primary N) is 1. The number of hydrogen-bond donors (Lipinski definition) is 2. The number of ether oxygens (including phenoxy) is 1. The van der Waals surface area contributed by atoms with Crippen molar-refractivity contribution in [2.24, 2.45) is 5.73 Å². The highest BCUT2D eigenvalue weighted by molar-refractivity contribution is 7.85.